The van der Waals surface area contributed by atoms with E-state index in [1.54, 1.807) is 16.0 Å². The number of nitrogens with zero attached hydrogens (tertiary/aromatic N) is 4. The van der Waals surface area contributed by atoms with Crippen LogP contribution in [0, 0.1) is 5.92 Å². The van der Waals surface area contributed by atoms with Crippen LogP contribution in [0.3, 0.4) is 0 Å². The van der Waals surface area contributed by atoms with E-state index in [2.05, 4.69) is 16.2 Å². The highest BCUT2D eigenvalue weighted by Crippen LogP contribution is 2.30. The summed E-state index contributed by atoms with van der Waals surface area (Å²) in [5.41, 5.74) is 1.80. The zero-order chi connectivity index (χ0) is 28.6. The minimum Gasteiger partial charge on any atom is -0.481 e. The molecule has 1 amide bonds. The summed E-state index contributed by atoms with van der Waals surface area (Å²) >= 11 is 0. The van der Waals surface area contributed by atoms with Gasteiger partial charge in [0.25, 0.3) is 5.91 Å². The largest absolute Gasteiger partial charge is 0.481 e. The monoisotopic (exact) mass is 561 g/mol. The fraction of sp³-hybridized carbons (Fsp3) is 0.516. The van der Waals surface area contributed by atoms with Crippen molar-refractivity contribution in [2.75, 3.05) is 42.5 Å². The Morgan fingerprint density at radius 1 is 1.00 bits per heavy atom. The number of carboxylic acids is 1. The van der Waals surface area contributed by atoms with Gasteiger partial charge in [0.2, 0.25) is 0 Å². The van der Waals surface area contributed by atoms with E-state index in [0.29, 0.717) is 49.1 Å². The van der Waals surface area contributed by atoms with Crippen molar-refractivity contribution in [1.29, 1.82) is 0 Å². The number of aliphatic carboxylic acids is 1. The van der Waals surface area contributed by atoms with Gasteiger partial charge in [0.1, 0.15) is 23.3 Å². The van der Waals surface area contributed by atoms with Crippen molar-refractivity contribution < 1.29 is 24.3 Å². The Hall–Kier alpha value is -3.72. The maximum Gasteiger partial charge on any atom is 0.303 e. The molecule has 0 unspecified atom stereocenters. The van der Waals surface area contributed by atoms with Gasteiger partial charge in [-0.25, -0.2) is 9.78 Å². The zero-order valence-corrected chi connectivity index (χ0v) is 23.5. The summed E-state index contributed by atoms with van der Waals surface area (Å²) in [7, 11) is 0. The Morgan fingerprint density at radius 3 is 2.56 bits per heavy atom. The van der Waals surface area contributed by atoms with Gasteiger partial charge < -0.3 is 20.2 Å². The van der Waals surface area contributed by atoms with E-state index in [1.807, 2.05) is 36.4 Å². The lowest BCUT2D eigenvalue weighted by molar-refractivity contribution is -0.166. The standard InChI is InChI=1S/C31H39N5O5/c37-21-26-20-35(41-22-23-8-3-1-4-9-23)16-17-36(26)30-27(31(40)32-25-11-5-2-6-12-25)13-14-28(33-30)34-15-7-10-24(19-34)18-29(38)39/h1,3-4,8-9,13-14,24-25H,2,5-7,10-12,15-20,22H2,(H,32,40)(H,38,39)/t24-/m0/s1. The van der Waals surface area contributed by atoms with Crippen molar-refractivity contribution in [3.8, 4) is 0 Å². The molecule has 1 atom stereocenters. The van der Waals surface area contributed by atoms with Crippen molar-refractivity contribution in [2.45, 2.75) is 64.0 Å². The fourth-order valence-corrected chi connectivity index (χ4v) is 6.04. The van der Waals surface area contributed by atoms with E-state index in [-0.39, 0.29) is 30.8 Å². The Morgan fingerprint density at radius 2 is 1.80 bits per heavy atom. The second kappa shape index (κ2) is 13.8. The van der Waals surface area contributed by atoms with E-state index >= 15 is 0 Å². The first-order chi connectivity index (χ1) is 20.0. The van der Waals surface area contributed by atoms with Crippen LogP contribution in [-0.2, 0) is 21.0 Å². The number of aromatic nitrogens is 1. The second-order valence-corrected chi connectivity index (χ2v) is 11.2. The number of anilines is 2. The molecule has 5 rings (SSSR count). The Bertz CT molecular complexity index is 1260. The van der Waals surface area contributed by atoms with Crippen molar-refractivity contribution in [3.63, 3.8) is 0 Å². The number of pyridine rings is 1. The number of amides is 1. The van der Waals surface area contributed by atoms with Gasteiger partial charge in [0.05, 0.1) is 18.7 Å². The lowest BCUT2D eigenvalue weighted by Crippen LogP contribution is -2.46. The smallest absolute Gasteiger partial charge is 0.303 e. The first-order valence-electron chi connectivity index (χ1n) is 14.7. The van der Waals surface area contributed by atoms with Crippen LogP contribution in [-0.4, -0.2) is 71.7 Å². The van der Waals surface area contributed by atoms with E-state index in [0.717, 1.165) is 50.6 Å². The van der Waals surface area contributed by atoms with E-state index in [9.17, 15) is 19.5 Å². The Labute approximate surface area is 240 Å². The number of carbonyl (C=O) groups excluding carboxylic acids is 2. The van der Waals surface area contributed by atoms with Gasteiger partial charge in [-0.2, -0.15) is 5.06 Å². The van der Waals surface area contributed by atoms with Crippen LogP contribution in [0.2, 0.25) is 0 Å². The molecule has 2 aliphatic heterocycles. The fourth-order valence-electron chi connectivity index (χ4n) is 6.04. The first-order valence-corrected chi connectivity index (χ1v) is 14.7. The van der Waals surface area contributed by atoms with E-state index in [1.165, 1.54) is 6.42 Å². The Balaban J connectivity index is 1.37. The molecule has 41 heavy (non-hydrogen) atoms. The number of piperazine rings is 1. The molecule has 1 aliphatic carbocycles. The molecular formula is C31H39N5O5. The van der Waals surface area contributed by atoms with Crippen molar-refractivity contribution in [3.05, 3.63) is 59.3 Å². The molecule has 0 spiro atoms. The average Bonchev–Trinajstić information content (AvgIpc) is 3.00. The predicted molar refractivity (Wildman–Crippen MR) is 155 cm³/mol. The third kappa shape index (κ3) is 7.52. The highest BCUT2D eigenvalue weighted by Gasteiger charge is 2.31. The zero-order valence-electron chi connectivity index (χ0n) is 23.5. The van der Waals surface area contributed by atoms with Crippen molar-refractivity contribution >= 4 is 29.5 Å². The summed E-state index contributed by atoms with van der Waals surface area (Å²) in [5, 5.41) is 14.3. The summed E-state index contributed by atoms with van der Waals surface area (Å²) in [6.45, 7) is 2.87. The molecule has 3 heterocycles. The summed E-state index contributed by atoms with van der Waals surface area (Å²) in [4.78, 5) is 51.9. The number of piperidine rings is 1. The molecule has 10 nitrogen and oxygen atoms in total. The molecule has 3 aliphatic rings. The van der Waals surface area contributed by atoms with Crippen molar-refractivity contribution in [2.24, 2.45) is 5.92 Å². The Kier molecular flexibility index (Phi) is 9.67. The quantitative estimate of drug-likeness (QED) is 0.441. The highest BCUT2D eigenvalue weighted by atomic mass is 16.7. The maximum atomic E-state index is 13.6. The lowest BCUT2D eigenvalue weighted by Gasteiger charge is -2.37. The average molecular weight is 562 g/mol. The molecule has 2 saturated heterocycles. The van der Waals surface area contributed by atoms with Gasteiger partial charge >= 0.3 is 5.97 Å². The number of hydrogen-bond acceptors (Lipinski definition) is 8. The topological polar surface area (TPSA) is 115 Å². The molecule has 3 fully saturated rings. The molecule has 10 heteroatoms. The summed E-state index contributed by atoms with van der Waals surface area (Å²) in [6.07, 6.45) is 7.17. The number of hydrogen-bond donors (Lipinski definition) is 2. The van der Waals surface area contributed by atoms with Crippen LogP contribution in [0.25, 0.3) is 0 Å². The molecule has 1 saturated carbocycles. The van der Waals surface area contributed by atoms with Crippen LogP contribution >= 0.6 is 0 Å². The van der Waals surface area contributed by atoms with Gasteiger partial charge in [0.15, 0.2) is 0 Å². The van der Waals surface area contributed by atoms with E-state index in [4.69, 9.17) is 9.82 Å². The molecule has 0 bridgehead atoms. The summed E-state index contributed by atoms with van der Waals surface area (Å²) < 4.78 is 0. The molecule has 2 aromatic rings. The lowest BCUT2D eigenvalue weighted by atomic mass is 9.95. The molecule has 0 radical (unpaired) electrons. The number of hydroxylamine groups is 2. The van der Waals surface area contributed by atoms with E-state index < -0.39 is 5.97 Å². The third-order valence-electron chi connectivity index (χ3n) is 8.21. The van der Waals surface area contributed by atoms with Gasteiger partial charge in [0, 0.05) is 38.6 Å². The van der Waals surface area contributed by atoms with Gasteiger partial charge in [-0.05, 0) is 49.3 Å². The molecule has 1 aromatic heterocycles. The van der Waals surface area contributed by atoms with Gasteiger partial charge in [-0.3, -0.25) is 14.4 Å². The van der Waals surface area contributed by atoms with Crippen LogP contribution in [0.15, 0.2) is 48.2 Å². The predicted octanol–water partition coefficient (Wildman–Crippen LogP) is 3.80. The minimum atomic E-state index is -0.798. The number of carbonyl (C=O) groups is 2. The molecule has 218 valence electrons. The van der Waals surface area contributed by atoms with Crippen LogP contribution in [0.5, 0.6) is 0 Å². The molecular weight excluding hydrogens is 522 g/mol. The first kappa shape index (κ1) is 28.8. The normalized spacial score (nSPS) is 20.5. The molecule has 2 N–H and O–H groups in total. The SMILES string of the molecule is O=C=C1CN(OCc2ccccc2)CCN1c1nc(N2CCC[C@@H](CC(=O)O)C2)ccc1C(=O)NC1CCCCC1. The van der Waals surface area contributed by atoms with Crippen molar-refractivity contribution in [1.82, 2.24) is 15.4 Å². The van der Waals surface area contributed by atoms with Gasteiger partial charge in [-0.15, -0.1) is 0 Å². The molecule has 1 aromatic carbocycles. The van der Waals surface area contributed by atoms with Crippen LogP contribution < -0.4 is 15.1 Å². The number of nitrogens with one attached hydrogen (secondary N) is 1. The van der Waals surface area contributed by atoms with Crippen LogP contribution in [0.1, 0.15) is 67.3 Å². The minimum absolute atomic E-state index is 0.0384. The number of carboxylic acid groups (broad SMARTS) is 1. The number of rotatable bonds is 9. The van der Waals surface area contributed by atoms with Crippen LogP contribution in [0.4, 0.5) is 11.6 Å². The summed E-state index contributed by atoms with van der Waals surface area (Å²) in [6, 6.07) is 13.6. The highest BCUT2D eigenvalue weighted by molar-refractivity contribution is 6.00. The second-order valence-electron chi connectivity index (χ2n) is 11.2. The summed E-state index contributed by atoms with van der Waals surface area (Å²) in [5.74, 6) is 2.23. The number of benzene rings is 1. The maximum absolute atomic E-state index is 13.6. The third-order valence-corrected chi connectivity index (χ3v) is 8.21. The van der Waals surface area contributed by atoms with Gasteiger partial charge in [-0.1, -0.05) is 49.6 Å².